The van der Waals surface area contributed by atoms with Crippen molar-refractivity contribution in [1.82, 2.24) is 10.2 Å². The minimum atomic E-state index is -1.06. The molecule has 2 amide bonds. The zero-order valence-corrected chi connectivity index (χ0v) is 16.6. The summed E-state index contributed by atoms with van der Waals surface area (Å²) in [7, 11) is 0. The summed E-state index contributed by atoms with van der Waals surface area (Å²) in [5.74, 6) is -0.923. The summed E-state index contributed by atoms with van der Waals surface area (Å²) >= 11 is 0. The lowest BCUT2D eigenvalue weighted by atomic mass is 10.1. The molecule has 1 aliphatic heterocycles. The van der Waals surface area contributed by atoms with Gasteiger partial charge in [-0.3, -0.25) is 9.59 Å². The van der Waals surface area contributed by atoms with Gasteiger partial charge in [0.15, 0.2) is 0 Å². The number of rotatable bonds is 6. The van der Waals surface area contributed by atoms with E-state index in [0.717, 1.165) is 5.56 Å². The van der Waals surface area contributed by atoms with Crippen molar-refractivity contribution in [2.75, 3.05) is 26.3 Å². The highest BCUT2D eigenvalue weighted by Gasteiger charge is 2.31. The molecule has 28 heavy (non-hydrogen) atoms. The van der Waals surface area contributed by atoms with Crippen LogP contribution in [-0.4, -0.2) is 60.8 Å². The van der Waals surface area contributed by atoms with E-state index in [2.05, 4.69) is 5.32 Å². The number of carbonyl (C=O) groups is 3. The van der Waals surface area contributed by atoms with Gasteiger partial charge >= 0.3 is 12.1 Å². The second kappa shape index (κ2) is 10.1. The number of ether oxygens (including phenoxy) is 3. The molecule has 8 nitrogen and oxygen atoms in total. The van der Waals surface area contributed by atoms with Gasteiger partial charge in [-0.25, -0.2) is 4.79 Å². The lowest BCUT2D eigenvalue weighted by Gasteiger charge is -2.30. The van der Waals surface area contributed by atoms with Crippen LogP contribution in [0, 0.1) is 0 Å². The van der Waals surface area contributed by atoms with Crippen molar-refractivity contribution in [2.45, 2.75) is 45.4 Å². The first-order valence-electron chi connectivity index (χ1n) is 9.30. The molecule has 1 fully saturated rings. The first-order chi connectivity index (χ1) is 13.2. The van der Waals surface area contributed by atoms with E-state index < -0.39 is 23.7 Å². The molecule has 0 unspecified atom stereocenters. The third-order valence-electron chi connectivity index (χ3n) is 3.92. The van der Waals surface area contributed by atoms with Crippen molar-refractivity contribution >= 4 is 18.0 Å². The molecule has 0 saturated carbocycles. The molecular formula is C20H28N2O6. The van der Waals surface area contributed by atoms with E-state index in [9.17, 15) is 14.4 Å². The monoisotopic (exact) mass is 392 g/mol. The molecule has 1 aromatic carbocycles. The van der Waals surface area contributed by atoms with Crippen LogP contribution in [0.25, 0.3) is 0 Å². The topological polar surface area (TPSA) is 94.2 Å². The fourth-order valence-corrected chi connectivity index (χ4v) is 2.66. The van der Waals surface area contributed by atoms with Gasteiger partial charge < -0.3 is 24.4 Å². The summed E-state index contributed by atoms with van der Waals surface area (Å²) in [6.45, 7) is 6.95. The maximum absolute atomic E-state index is 12.8. The van der Waals surface area contributed by atoms with E-state index in [-0.39, 0.29) is 18.9 Å². The molecule has 1 saturated heterocycles. The molecule has 8 heteroatoms. The number of benzene rings is 1. The molecule has 1 atom stereocenters. The Labute approximate surface area is 165 Å². The molecule has 0 spiro atoms. The fraction of sp³-hybridized carbons (Fsp3) is 0.550. The highest BCUT2D eigenvalue weighted by molar-refractivity contribution is 5.89. The molecule has 0 bridgehead atoms. The number of morpholine rings is 1. The third-order valence-corrected chi connectivity index (χ3v) is 3.92. The summed E-state index contributed by atoms with van der Waals surface area (Å²) in [5.41, 5.74) is 0.137. The Hall–Kier alpha value is -2.61. The van der Waals surface area contributed by atoms with Crippen LogP contribution in [0.2, 0.25) is 0 Å². The molecular weight excluding hydrogens is 364 g/mol. The Balaban J connectivity index is 1.98. The van der Waals surface area contributed by atoms with Gasteiger partial charge in [-0.15, -0.1) is 0 Å². The normalized spacial score (nSPS) is 15.5. The average molecular weight is 392 g/mol. The van der Waals surface area contributed by atoms with Crippen LogP contribution in [0.5, 0.6) is 0 Å². The van der Waals surface area contributed by atoms with E-state index in [1.54, 1.807) is 25.7 Å². The molecule has 154 valence electrons. The largest absolute Gasteiger partial charge is 0.460 e. The number of hydrogen-bond acceptors (Lipinski definition) is 6. The number of carbonyl (C=O) groups excluding carboxylic acids is 3. The smallest absolute Gasteiger partial charge is 0.408 e. The van der Waals surface area contributed by atoms with Crippen LogP contribution in [0.1, 0.15) is 32.8 Å². The number of esters is 1. The van der Waals surface area contributed by atoms with E-state index >= 15 is 0 Å². The summed E-state index contributed by atoms with van der Waals surface area (Å²) < 4.78 is 15.7. The van der Waals surface area contributed by atoms with Crippen LogP contribution in [0.4, 0.5) is 4.79 Å². The van der Waals surface area contributed by atoms with Crippen LogP contribution in [0.15, 0.2) is 30.3 Å². The van der Waals surface area contributed by atoms with Crippen molar-refractivity contribution in [3.05, 3.63) is 35.9 Å². The minimum Gasteiger partial charge on any atom is -0.460 e. The number of hydrogen-bond donors (Lipinski definition) is 1. The zero-order chi connectivity index (χ0) is 20.6. The van der Waals surface area contributed by atoms with Crippen molar-refractivity contribution in [3.63, 3.8) is 0 Å². The molecule has 0 aliphatic carbocycles. The molecule has 1 aliphatic rings. The Kier molecular flexibility index (Phi) is 7.80. The van der Waals surface area contributed by atoms with Gasteiger partial charge in [-0.05, 0) is 26.3 Å². The maximum Gasteiger partial charge on any atom is 0.408 e. The Morgan fingerprint density at radius 2 is 1.79 bits per heavy atom. The lowest BCUT2D eigenvalue weighted by Crippen LogP contribution is -2.52. The van der Waals surface area contributed by atoms with Gasteiger partial charge in [-0.1, -0.05) is 30.3 Å². The average Bonchev–Trinajstić information content (AvgIpc) is 2.65. The zero-order valence-electron chi connectivity index (χ0n) is 16.6. The predicted molar refractivity (Wildman–Crippen MR) is 101 cm³/mol. The predicted octanol–water partition coefficient (Wildman–Crippen LogP) is 1.87. The van der Waals surface area contributed by atoms with E-state index in [4.69, 9.17) is 14.2 Å². The van der Waals surface area contributed by atoms with E-state index in [1.165, 1.54) is 0 Å². The fourth-order valence-electron chi connectivity index (χ4n) is 2.66. The first kappa shape index (κ1) is 21.7. The standard InChI is InChI=1S/C20H28N2O6/c1-20(2,3)28-17(23)13-16(18(24)22-9-11-26-12-10-22)21-19(25)27-14-15-7-5-4-6-8-15/h4-8,16H,9-14H2,1-3H3,(H,21,25)/t16-/m0/s1. The molecule has 0 aromatic heterocycles. The summed E-state index contributed by atoms with van der Waals surface area (Å²) in [6.07, 6.45) is -1.03. The van der Waals surface area contributed by atoms with Crippen molar-refractivity contribution in [1.29, 1.82) is 0 Å². The van der Waals surface area contributed by atoms with E-state index in [0.29, 0.717) is 26.3 Å². The first-order valence-corrected chi connectivity index (χ1v) is 9.30. The second-order valence-corrected chi connectivity index (χ2v) is 7.49. The van der Waals surface area contributed by atoms with Gasteiger partial charge in [0.1, 0.15) is 18.2 Å². The summed E-state index contributed by atoms with van der Waals surface area (Å²) in [6, 6.07) is 8.13. The minimum absolute atomic E-state index is 0.0670. The van der Waals surface area contributed by atoms with Gasteiger partial charge in [0.2, 0.25) is 5.91 Å². The molecule has 2 rings (SSSR count). The molecule has 1 heterocycles. The van der Waals surface area contributed by atoms with Gasteiger partial charge in [0, 0.05) is 13.1 Å². The molecule has 1 N–H and O–H groups in total. The molecule has 0 radical (unpaired) electrons. The maximum atomic E-state index is 12.8. The third kappa shape index (κ3) is 7.56. The Morgan fingerprint density at radius 3 is 2.39 bits per heavy atom. The van der Waals surface area contributed by atoms with Crippen LogP contribution >= 0.6 is 0 Å². The van der Waals surface area contributed by atoms with Crippen molar-refractivity contribution in [3.8, 4) is 0 Å². The summed E-state index contributed by atoms with van der Waals surface area (Å²) in [5, 5.41) is 2.51. The van der Waals surface area contributed by atoms with Crippen LogP contribution < -0.4 is 5.32 Å². The molecule has 1 aromatic rings. The number of nitrogens with one attached hydrogen (secondary N) is 1. The van der Waals surface area contributed by atoms with Gasteiger partial charge in [0.25, 0.3) is 0 Å². The van der Waals surface area contributed by atoms with Gasteiger partial charge in [0.05, 0.1) is 19.6 Å². The quantitative estimate of drug-likeness (QED) is 0.743. The van der Waals surface area contributed by atoms with Crippen LogP contribution in [-0.2, 0) is 30.4 Å². The Bertz CT molecular complexity index is 665. The second-order valence-electron chi connectivity index (χ2n) is 7.49. The van der Waals surface area contributed by atoms with Gasteiger partial charge in [-0.2, -0.15) is 0 Å². The SMILES string of the molecule is CC(C)(C)OC(=O)C[C@H](NC(=O)OCc1ccccc1)C(=O)N1CCOCC1. The van der Waals surface area contributed by atoms with Crippen LogP contribution in [0.3, 0.4) is 0 Å². The summed E-state index contributed by atoms with van der Waals surface area (Å²) in [4.78, 5) is 38.8. The number of amides is 2. The highest BCUT2D eigenvalue weighted by Crippen LogP contribution is 2.12. The number of nitrogens with zero attached hydrogens (tertiary/aromatic N) is 1. The highest BCUT2D eigenvalue weighted by atomic mass is 16.6. The lowest BCUT2D eigenvalue weighted by molar-refractivity contribution is -0.157. The van der Waals surface area contributed by atoms with E-state index in [1.807, 2.05) is 30.3 Å². The Morgan fingerprint density at radius 1 is 1.14 bits per heavy atom. The van der Waals surface area contributed by atoms with Crippen molar-refractivity contribution < 1.29 is 28.6 Å². The number of alkyl carbamates (subject to hydrolysis) is 1. The van der Waals surface area contributed by atoms with Crippen molar-refractivity contribution in [2.24, 2.45) is 0 Å².